The van der Waals surface area contributed by atoms with Crippen LogP contribution in [0.3, 0.4) is 0 Å². The summed E-state index contributed by atoms with van der Waals surface area (Å²) in [5.74, 6) is 0.144. The molecule has 1 N–H and O–H groups in total. The molecule has 3 aromatic rings. The number of fused-ring (bicyclic) bond motifs is 1. The van der Waals surface area contributed by atoms with Gasteiger partial charge in [-0.25, -0.2) is 14.4 Å². The molecule has 0 saturated carbocycles. The highest BCUT2D eigenvalue weighted by Crippen LogP contribution is 2.29. The van der Waals surface area contributed by atoms with E-state index in [0.717, 1.165) is 0 Å². The van der Waals surface area contributed by atoms with Gasteiger partial charge in [0.25, 0.3) is 0 Å². The van der Waals surface area contributed by atoms with Crippen molar-refractivity contribution in [3.63, 3.8) is 0 Å². The summed E-state index contributed by atoms with van der Waals surface area (Å²) in [6, 6.07) is 6.35. The second-order valence-corrected chi connectivity index (χ2v) is 4.18. The number of carbonyl (C=O) groups is 1. The third kappa shape index (κ3) is 1.79. The Hall–Kier alpha value is -2.56. The Morgan fingerprint density at radius 2 is 2.05 bits per heavy atom. The number of aromatic nitrogens is 3. The third-order valence-electron chi connectivity index (χ3n) is 2.93. The molecule has 0 radical (unpaired) electrons. The zero-order valence-electron chi connectivity index (χ0n) is 10.1. The van der Waals surface area contributed by atoms with Crippen molar-refractivity contribution >= 4 is 17.3 Å². The van der Waals surface area contributed by atoms with Crippen molar-refractivity contribution in [1.29, 1.82) is 0 Å². The van der Waals surface area contributed by atoms with E-state index >= 15 is 0 Å². The zero-order chi connectivity index (χ0) is 13.4. The quantitative estimate of drug-likeness (QED) is 0.716. The first-order valence-electron chi connectivity index (χ1n) is 5.76. The lowest BCUT2D eigenvalue weighted by molar-refractivity contribution is 0.112. The molecule has 0 atom stereocenters. The smallest absolute Gasteiger partial charge is 0.152 e. The monoisotopic (exact) mass is 255 g/mol. The molecule has 19 heavy (non-hydrogen) atoms. The van der Waals surface area contributed by atoms with Crippen LogP contribution in [0.25, 0.3) is 22.3 Å². The number of H-pyrrole nitrogens is 1. The lowest BCUT2D eigenvalue weighted by atomic mass is 10.1. The Kier molecular flexibility index (Phi) is 2.59. The van der Waals surface area contributed by atoms with Crippen molar-refractivity contribution in [1.82, 2.24) is 15.0 Å². The lowest BCUT2D eigenvalue weighted by Crippen LogP contribution is -1.96. The predicted octanol–water partition coefficient (Wildman–Crippen LogP) is 2.88. The summed E-state index contributed by atoms with van der Waals surface area (Å²) in [5.41, 5.74) is 1.76. The van der Waals surface area contributed by atoms with Crippen molar-refractivity contribution in [2.45, 2.75) is 6.92 Å². The molecule has 0 aliphatic carbocycles. The Balaban J connectivity index is 2.42. The fraction of sp³-hybridized carbons (Fsp3) is 0.0714. The van der Waals surface area contributed by atoms with Crippen LogP contribution in [0.5, 0.6) is 0 Å². The molecule has 94 valence electrons. The van der Waals surface area contributed by atoms with E-state index in [9.17, 15) is 9.18 Å². The van der Waals surface area contributed by atoms with Gasteiger partial charge in [-0.2, -0.15) is 0 Å². The van der Waals surface area contributed by atoms with Crippen LogP contribution in [0.2, 0.25) is 0 Å². The fourth-order valence-electron chi connectivity index (χ4n) is 2.11. The minimum Gasteiger partial charge on any atom is -0.345 e. The summed E-state index contributed by atoms with van der Waals surface area (Å²) in [6.45, 7) is 1.73. The maximum Gasteiger partial charge on any atom is 0.152 e. The van der Waals surface area contributed by atoms with Crippen molar-refractivity contribution in [3.05, 3.63) is 47.7 Å². The van der Waals surface area contributed by atoms with Crippen LogP contribution in [0.1, 0.15) is 16.2 Å². The SMILES string of the molecule is Cc1nc(-c2ccccc2F)c2c(C=O)c[nH]c2n1. The van der Waals surface area contributed by atoms with Gasteiger partial charge < -0.3 is 4.98 Å². The summed E-state index contributed by atoms with van der Waals surface area (Å²) in [4.78, 5) is 22.5. The molecule has 0 spiro atoms. The normalized spacial score (nSPS) is 10.8. The van der Waals surface area contributed by atoms with Gasteiger partial charge in [0.05, 0.1) is 11.1 Å². The highest BCUT2D eigenvalue weighted by Gasteiger charge is 2.16. The van der Waals surface area contributed by atoms with Crippen LogP contribution in [0.15, 0.2) is 30.5 Å². The summed E-state index contributed by atoms with van der Waals surface area (Å²) >= 11 is 0. The average Bonchev–Trinajstić information content (AvgIpc) is 2.81. The predicted molar refractivity (Wildman–Crippen MR) is 69.4 cm³/mol. The van der Waals surface area contributed by atoms with Crippen molar-refractivity contribution in [2.75, 3.05) is 0 Å². The van der Waals surface area contributed by atoms with E-state index in [2.05, 4.69) is 15.0 Å². The van der Waals surface area contributed by atoms with Gasteiger partial charge in [0, 0.05) is 17.3 Å². The first kappa shape index (κ1) is 11.5. The average molecular weight is 255 g/mol. The number of hydrogen-bond acceptors (Lipinski definition) is 3. The van der Waals surface area contributed by atoms with E-state index < -0.39 is 0 Å². The molecule has 0 fully saturated rings. The molecule has 0 aliphatic rings. The van der Waals surface area contributed by atoms with Crippen LogP contribution in [0, 0.1) is 12.7 Å². The van der Waals surface area contributed by atoms with Gasteiger partial charge >= 0.3 is 0 Å². The van der Waals surface area contributed by atoms with E-state index in [4.69, 9.17) is 0 Å². The molecular weight excluding hydrogens is 245 g/mol. The van der Waals surface area contributed by atoms with Gasteiger partial charge in [0.1, 0.15) is 17.3 Å². The van der Waals surface area contributed by atoms with E-state index in [0.29, 0.717) is 40.0 Å². The highest BCUT2D eigenvalue weighted by atomic mass is 19.1. The van der Waals surface area contributed by atoms with E-state index in [1.807, 2.05) is 0 Å². The minimum absolute atomic E-state index is 0.362. The largest absolute Gasteiger partial charge is 0.345 e. The second-order valence-electron chi connectivity index (χ2n) is 4.18. The lowest BCUT2D eigenvalue weighted by Gasteiger charge is -2.05. The summed E-state index contributed by atoms with van der Waals surface area (Å²) in [7, 11) is 0. The summed E-state index contributed by atoms with van der Waals surface area (Å²) in [6.07, 6.45) is 2.26. The second kappa shape index (κ2) is 4.28. The number of aromatic amines is 1. The number of hydrogen-bond donors (Lipinski definition) is 1. The molecule has 0 amide bonds. The van der Waals surface area contributed by atoms with Crippen LogP contribution in [-0.2, 0) is 0 Å². The van der Waals surface area contributed by atoms with Crippen molar-refractivity contribution in [2.24, 2.45) is 0 Å². The van der Waals surface area contributed by atoms with Gasteiger partial charge in [-0.3, -0.25) is 4.79 Å². The van der Waals surface area contributed by atoms with Crippen LogP contribution in [-0.4, -0.2) is 21.2 Å². The van der Waals surface area contributed by atoms with Gasteiger partial charge in [-0.1, -0.05) is 12.1 Å². The number of rotatable bonds is 2. The van der Waals surface area contributed by atoms with E-state index in [-0.39, 0.29) is 5.82 Å². The third-order valence-corrected chi connectivity index (χ3v) is 2.93. The molecule has 0 saturated heterocycles. The number of nitrogens with one attached hydrogen (secondary N) is 1. The topological polar surface area (TPSA) is 58.6 Å². The van der Waals surface area contributed by atoms with Crippen molar-refractivity contribution < 1.29 is 9.18 Å². The number of benzene rings is 1. The Morgan fingerprint density at radius 1 is 1.26 bits per heavy atom. The zero-order valence-corrected chi connectivity index (χ0v) is 10.1. The van der Waals surface area contributed by atoms with E-state index in [1.165, 1.54) is 6.07 Å². The molecule has 3 rings (SSSR count). The van der Waals surface area contributed by atoms with Crippen LogP contribution >= 0.6 is 0 Å². The van der Waals surface area contributed by atoms with Gasteiger partial charge in [-0.15, -0.1) is 0 Å². The molecular formula is C14H10FN3O. The Bertz CT molecular complexity index is 779. The minimum atomic E-state index is -0.375. The Labute approximate surface area is 108 Å². The first-order valence-corrected chi connectivity index (χ1v) is 5.76. The van der Waals surface area contributed by atoms with Gasteiger partial charge in [0.2, 0.25) is 0 Å². The first-order chi connectivity index (χ1) is 9.20. The summed E-state index contributed by atoms with van der Waals surface area (Å²) < 4.78 is 13.9. The number of aldehydes is 1. The maximum absolute atomic E-state index is 13.9. The molecule has 5 heteroatoms. The number of nitrogens with zero attached hydrogens (tertiary/aromatic N) is 2. The fourth-order valence-corrected chi connectivity index (χ4v) is 2.11. The van der Waals surface area contributed by atoms with Crippen molar-refractivity contribution in [3.8, 4) is 11.3 Å². The molecule has 2 aromatic heterocycles. The van der Waals surface area contributed by atoms with Crippen LogP contribution in [0.4, 0.5) is 4.39 Å². The van der Waals surface area contributed by atoms with E-state index in [1.54, 1.807) is 31.3 Å². The van der Waals surface area contributed by atoms with Crippen LogP contribution < -0.4 is 0 Å². The highest BCUT2D eigenvalue weighted by molar-refractivity contribution is 6.03. The molecule has 4 nitrogen and oxygen atoms in total. The maximum atomic E-state index is 13.9. The summed E-state index contributed by atoms with van der Waals surface area (Å²) in [5, 5.41) is 0.547. The number of halogens is 1. The number of carbonyl (C=O) groups excluding carboxylic acids is 1. The Morgan fingerprint density at radius 3 is 2.79 bits per heavy atom. The van der Waals surface area contributed by atoms with Gasteiger partial charge in [0.15, 0.2) is 6.29 Å². The molecule has 0 aliphatic heterocycles. The molecule has 0 unspecified atom stereocenters. The molecule has 0 bridgehead atoms. The molecule has 2 heterocycles. The van der Waals surface area contributed by atoms with Gasteiger partial charge in [-0.05, 0) is 19.1 Å². The standard InChI is InChI=1S/C14H10FN3O/c1-8-17-13(10-4-2-3-5-11(10)15)12-9(7-19)6-16-14(12)18-8/h2-7H,1H3,(H,16,17,18). The molecule has 1 aromatic carbocycles. The number of aryl methyl sites for hydroxylation is 1.